The van der Waals surface area contributed by atoms with E-state index in [1.807, 2.05) is 19.1 Å². The lowest BCUT2D eigenvalue weighted by atomic mass is 10.2. The predicted molar refractivity (Wildman–Crippen MR) is 87.2 cm³/mol. The smallest absolute Gasteiger partial charge is 0.257 e. The quantitative estimate of drug-likeness (QED) is 0.873. The number of pyridine rings is 1. The Kier molecular flexibility index (Phi) is 5.17. The summed E-state index contributed by atoms with van der Waals surface area (Å²) in [5, 5.41) is 6.56. The zero-order valence-electron chi connectivity index (χ0n) is 12.1. The van der Waals surface area contributed by atoms with Crippen molar-refractivity contribution in [2.75, 3.05) is 17.2 Å². The summed E-state index contributed by atoms with van der Waals surface area (Å²) in [5.41, 5.74) is 2.92. The Bertz CT molecular complexity index is 643. The van der Waals surface area contributed by atoms with Crippen molar-refractivity contribution in [3.05, 3.63) is 52.8 Å². The van der Waals surface area contributed by atoms with Crippen LogP contribution in [0.4, 0.5) is 11.4 Å². The number of benzene rings is 1. The molecule has 0 spiro atoms. The standard InChI is InChI=1S/C16H18ClN3O/c1-3-7-19-15-10-18-8-6-12(15)16(21)20-14-9-11(2)4-5-13(14)17/h4-6,8-10,19H,3,7H2,1-2H3,(H,20,21). The number of hydrogen-bond acceptors (Lipinski definition) is 3. The minimum absolute atomic E-state index is 0.205. The van der Waals surface area contributed by atoms with Crippen LogP contribution in [0.2, 0.25) is 5.02 Å². The fraction of sp³-hybridized carbons (Fsp3) is 0.250. The maximum Gasteiger partial charge on any atom is 0.257 e. The van der Waals surface area contributed by atoms with Gasteiger partial charge in [-0.2, -0.15) is 0 Å². The first-order valence-corrected chi connectivity index (χ1v) is 7.25. The Hall–Kier alpha value is -2.07. The molecule has 0 saturated carbocycles. The zero-order chi connectivity index (χ0) is 15.2. The van der Waals surface area contributed by atoms with E-state index in [4.69, 9.17) is 11.6 Å². The molecule has 0 aliphatic carbocycles. The first-order chi connectivity index (χ1) is 10.1. The molecule has 0 saturated heterocycles. The van der Waals surface area contributed by atoms with Gasteiger partial charge in [0.2, 0.25) is 0 Å². The molecule has 4 nitrogen and oxygen atoms in total. The summed E-state index contributed by atoms with van der Waals surface area (Å²) >= 11 is 6.11. The molecule has 0 fully saturated rings. The molecule has 1 heterocycles. The average molecular weight is 304 g/mol. The summed E-state index contributed by atoms with van der Waals surface area (Å²) in [6, 6.07) is 7.21. The third kappa shape index (κ3) is 3.95. The van der Waals surface area contributed by atoms with E-state index >= 15 is 0 Å². The van der Waals surface area contributed by atoms with Gasteiger partial charge in [0.1, 0.15) is 0 Å². The van der Waals surface area contributed by atoms with E-state index in [1.54, 1.807) is 24.5 Å². The third-order valence-electron chi connectivity index (χ3n) is 3.00. The summed E-state index contributed by atoms with van der Waals surface area (Å²) in [6.07, 6.45) is 4.23. The molecule has 0 radical (unpaired) electrons. The molecule has 2 aromatic rings. The predicted octanol–water partition coefficient (Wildman–Crippen LogP) is 4.12. The molecule has 5 heteroatoms. The highest BCUT2D eigenvalue weighted by Gasteiger charge is 2.13. The maximum absolute atomic E-state index is 12.4. The fourth-order valence-electron chi connectivity index (χ4n) is 1.92. The van der Waals surface area contributed by atoms with Crippen LogP contribution in [0, 0.1) is 6.92 Å². The Morgan fingerprint density at radius 1 is 1.29 bits per heavy atom. The fourth-order valence-corrected chi connectivity index (χ4v) is 2.08. The van der Waals surface area contributed by atoms with Gasteiger partial charge in [0.25, 0.3) is 5.91 Å². The van der Waals surface area contributed by atoms with Crippen LogP contribution in [0.25, 0.3) is 0 Å². The highest BCUT2D eigenvalue weighted by molar-refractivity contribution is 6.34. The van der Waals surface area contributed by atoms with Crippen molar-refractivity contribution < 1.29 is 4.79 Å². The van der Waals surface area contributed by atoms with Crippen LogP contribution in [0.3, 0.4) is 0 Å². The lowest BCUT2D eigenvalue weighted by Gasteiger charge is -2.12. The summed E-state index contributed by atoms with van der Waals surface area (Å²) in [5.74, 6) is -0.205. The minimum Gasteiger partial charge on any atom is -0.383 e. The number of aryl methyl sites for hydroxylation is 1. The monoisotopic (exact) mass is 303 g/mol. The number of halogens is 1. The first-order valence-electron chi connectivity index (χ1n) is 6.87. The number of aromatic nitrogens is 1. The average Bonchev–Trinajstić information content (AvgIpc) is 2.49. The van der Waals surface area contributed by atoms with Crippen molar-refractivity contribution >= 4 is 28.9 Å². The van der Waals surface area contributed by atoms with E-state index in [9.17, 15) is 4.79 Å². The van der Waals surface area contributed by atoms with Gasteiger partial charge in [-0.05, 0) is 37.1 Å². The SMILES string of the molecule is CCCNc1cnccc1C(=O)Nc1cc(C)ccc1Cl. The lowest BCUT2D eigenvalue weighted by molar-refractivity contribution is 0.102. The maximum atomic E-state index is 12.4. The highest BCUT2D eigenvalue weighted by Crippen LogP contribution is 2.24. The molecule has 1 aromatic heterocycles. The van der Waals surface area contributed by atoms with Crippen molar-refractivity contribution in [2.45, 2.75) is 20.3 Å². The molecule has 0 bridgehead atoms. The summed E-state index contributed by atoms with van der Waals surface area (Å²) in [7, 11) is 0. The van der Waals surface area contributed by atoms with Gasteiger partial charge >= 0.3 is 0 Å². The van der Waals surface area contributed by atoms with Crippen LogP contribution in [0.15, 0.2) is 36.7 Å². The van der Waals surface area contributed by atoms with Crippen LogP contribution in [0.5, 0.6) is 0 Å². The van der Waals surface area contributed by atoms with Crippen molar-refractivity contribution in [2.24, 2.45) is 0 Å². The summed E-state index contributed by atoms with van der Waals surface area (Å²) < 4.78 is 0. The van der Waals surface area contributed by atoms with E-state index in [2.05, 4.69) is 22.5 Å². The van der Waals surface area contributed by atoms with Gasteiger partial charge < -0.3 is 10.6 Å². The number of carbonyl (C=O) groups excluding carboxylic acids is 1. The molecule has 0 atom stereocenters. The number of anilines is 2. The van der Waals surface area contributed by atoms with Gasteiger partial charge in [-0.15, -0.1) is 0 Å². The van der Waals surface area contributed by atoms with Crippen LogP contribution in [-0.4, -0.2) is 17.4 Å². The normalized spacial score (nSPS) is 10.2. The third-order valence-corrected chi connectivity index (χ3v) is 3.33. The molecule has 110 valence electrons. The van der Waals surface area contributed by atoms with E-state index in [1.165, 1.54) is 0 Å². The minimum atomic E-state index is -0.205. The van der Waals surface area contributed by atoms with Crippen molar-refractivity contribution in [3.8, 4) is 0 Å². The summed E-state index contributed by atoms with van der Waals surface area (Å²) in [6.45, 7) is 4.81. The Morgan fingerprint density at radius 2 is 2.10 bits per heavy atom. The van der Waals surface area contributed by atoms with Gasteiger partial charge in [-0.3, -0.25) is 9.78 Å². The largest absolute Gasteiger partial charge is 0.383 e. The van der Waals surface area contributed by atoms with Gasteiger partial charge in [0.05, 0.1) is 28.2 Å². The highest BCUT2D eigenvalue weighted by atomic mass is 35.5. The van der Waals surface area contributed by atoms with Gasteiger partial charge in [-0.25, -0.2) is 0 Å². The zero-order valence-corrected chi connectivity index (χ0v) is 12.9. The lowest BCUT2D eigenvalue weighted by Crippen LogP contribution is -2.15. The van der Waals surface area contributed by atoms with Crippen molar-refractivity contribution in [1.29, 1.82) is 0 Å². The van der Waals surface area contributed by atoms with E-state index in [0.29, 0.717) is 16.3 Å². The molecule has 0 unspecified atom stereocenters. The second-order valence-electron chi connectivity index (χ2n) is 4.79. The van der Waals surface area contributed by atoms with E-state index in [-0.39, 0.29) is 5.91 Å². The molecule has 2 N–H and O–H groups in total. The molecular formula is C16H18ClN3O. The second kappa shape index (κ2) is 7.09. The van der Waals surface area contributed by atoms with E-state index < -0.39 is 0 Å². The number of hydrogen-bond donors (Lipinski definition) is 2. The second-order valence-corrected chi connectivity index (χ2v) is 5.19. The van der Waals surface area contributed by atoms with Gasteiger partial charge in [0.15, 0.2) is 0 Å². The van der Waals surface area contributed by atoms with Crippen LogP contribution in [0.1, 0.15) is 29.3 Å². The summed E-state index contributed by atoms with van der Waals surface area (Å²) in [4.78, 5) is 16.5. The Balaban J connectivity index is 2.22. The molecule has 21 heavy (non-hydrogen) atoms. The Labute approximate surface area is 129 Å². The number of amides is 1. The van der Waals surface area contributed by atoms with Crippen molar-refractivity contribution in [1.82, 2.24) is 4.98 Å². The molecule has 2 rings (SSSR count). The van der Waals surface area contributed by atoms with E-state index in [0.717, 1.165) is 24.2 Å². The van der Waals surface area contributed by atoms with Crippen LogP contribution in [-0.2, 0) is 0 Å². The molecule has 1 aromatic carbocycles. The van der Waals surface area contributed by atoms with Gasteiger partial charge in [0, 0.05) is 12.7 Å². The molecular weight excluding hydrogens is 286 g/mol. The number of carbonyl (C=O) groups is 1. The number of nitrogens with one attached hydrogen (secondary N) is 2. The number of rotatable bonds is 5. The van der Waals surface area contributed by atoms with Crippen LogP contribution < -0.4 is 10.6 Å². The van der Waals surface area contributed by atoms with Crippen molar-refractivity contribution in [3.63, 3.8) is 0 Å². The topological polar surface area (TPSA) is 54.0 Å². The Morgan fingerprint density at radius 3 is 2.86 bits per heavy atom. The number of nitrogens with zero attached hydrogens (tertiary/aromatic N) is 1. The van der Waals surface area contributed by atoms with Crippen LogP contribution >= 0.6 is 11.6 Å². The van der Waals surface area contributed by atoms with Gasteiger partial charge in [-0.1, -0.05) is 24.6 Å². The molecule has 0 aliphatic heterocycles. The molecule has 1 amide bonds. The molecule has 0 aliphatic rings. The first kappa shape index (κ1) is 15.3.